The van der Waals surface area contributed by atoms with E-state index in [9.17, 15) is 4.79 Å². The largest absolute Gasteiger partial charge is 0.381 e. The summed E-state index contributed by atoms with van der Waals surface area (Å²) in [5, 5.41) is 1.29. The molecule has 1 aromatic heterocycles. The molecule has 30 heavy (non-hydrogen) atoms. The number of fused-ring (bicyclic) bond motifs is 3. The second-order valence-electron chi connectivity index (χ2n) is 9.44. The summed E-state index contributed by atoms with van der Waals surface area (Å²) in [6.07, 6.45) is 5.62. The van der Waals surface area contributed by atoms with Gasteiger partial charge in [-0.2, -0.15) is 0 Å². The van der Waals surface area contributed by atoms with Crippen LogP contribution in [0.3, 0.4) is 0 Å². The van der Waals surface area contributed by atoms with E-state index in [-0.39, 0.29) is 5.91 Å². The Kier molecular flexibility index (Phi) is 5.59. The van der Waals surface area contributed by atoms with Crippen molar-refractivity contribution in [3.05, 3.63) is 35.0 Å². The van der Waals surface area contributed by atoms with Crippen LogP contribution in [0.1, 0.15) is 61.1 Å². The molecule has 5 nitrogen and oxygen atoms in total. The van der Waals surface area contributed by atoms with Crippen LogP contribution in [-0.2, 0) is 24.2 Å². The monoisotopic (exact) mass is 409 g/mol. The van der Waals surface area contributed by atoms with Crippen molar-refractivity contribution in [1.29, 1.82) is 0 Å². The van der Waals surface area contributed by atoms with Crippen molar-refractivity contribution in [3.8, 4) is 0 Å². The first-order valence-corrected chi connectivity index (χ1v) is 11.9. The molecule has 1 amide bonds. The van der Waals surface area contributed by atoms with Crippen molar-refractivity contribution in [1.82, 2.24) is 14.4 Å². The average molecular weight is 410 g/mol. The molecule has 2 fully saturated rings. The molecular formula is C25H35N3O2. The molecule has 0 N–H and O–H groups in total. The summed E-state index contributed by atoms with van der Waals surface area (Å²) < 4.78 is 8.06. The molecule has 0 radical (unpaired) electrons. The number of aromatic nitrogens is 1. The predicted molar refractivity (Wildman–Crippen MR) is 120 cm³/mol. The second-order valence-corrected chi connectivity index (χ2v) is 9.44. The highest BCUT2D eigenvalue weighted by Crippen LogP contribution is 2.34. The predicted octanol–water partition coefficient (Wildman–Crippen LogP) is 4.07. The van der Waals surface area contributed by atoms with Crippen LogP contribution in [0.25, 0.3) is 10.9 Å². The quantitative estimate of drug-likeness (QED) is 0.767. The van der Waals surface area contributed by atoms with Gasteiger partial charge in [-0.15, -0.1) is 0 Å². The molecular weight excluding hydrogens is 374 g/mol. The van der Waals surface area contributed by atoms with E-state index in [0.717, 1.165) is 89.5 Å². The van der Waals surface area contributed by atoms with Gasteiger partial charge in [0, 0.05) is 80.6 Å². The van der Waals surface area contributed by atoms with E-state index < -0.39 is 0 Å². The fourth-order valence-electron chi connectivity index (χ4n) is 5.72. The van der Waals surface area contributed by atoms with Gasteiger partial charge in [0.1, 0.15) is 0 Å². The van der Waals surface area contributed by atoms with E-state index in [1.807, 2.05) is 0 Å². The number of carbonyl (C=O) groups excluding carboxylic acids is 1. The van der Waals surface area contributed by atoms with Gasteiger partial charge in [0.15, 0.2) is 0 Å². The summed E-state index contributed by atoms with van der Waals surface area (Å²) in [6.45, 7) is 11.2. The first-order chi connectivity index (χ1) is 14.7. The van der Waals surface area contributed by atoms with Gasteiger partial charge in [-0.05, 0) is 62.3 Å². The fourth-order valence-corrected chi connectivity index (χ4v) is 5.72. The van der Waals surface area contributed by atoms with Crippen LogP contribution in [0.15, 0.2) is 18.2 Å². The third kappa shape index (κ3) is 3.56. The van der Waals surface area contributed by atoms with Crippen molar-refractivity contribution in [3.63, 3.8) is 0 Å². The molecule has 1 aromatic carbocycles. The highest BCUT2D eigenvalue weighted by molar-refractivity contribution is 5.99. The Morgan fingerprint density at radius 2 is 1.87 bits per heavy atom. The maximum absolute atomic E-state index is 13.2. The van der Waals surface area contributed by atoms with E-state index in [2.05, 4.69) is 46.4 Å². The van der Waals surface area contributed by atoms with Gasteiger partial charge < -0.3 is 14.2 Å². The first-order valence-electron chi connectivity index (χ1n) is 11.9. The maximum atomic E-state index is 13.2. The molecule has 0 bridgehead atoms. The van der Waals surface area contributed by atoms with Gasteiger partial charge in [-0.1, -0.05) is 6.92 Å². The second kappa shape index (κ2) is 8.35. The number of carbonyl (C=O) groups is 1. The fraction of sp³-hybridized carbons (Fsp3) is 0.640. The third-order valence-corrected chi connectivity index (χ3v) is 7.62. The van der Waals surface area contributed by atoms with E-state index in [1.165, 1.54) is 22.2 Å². The van der Waals surface area contributed by atoms with Crippen LogP contribution in [0.5, 0.6) is 0 Å². The number of amides is 1. The van der Waals surface area contributed by atoms with Gasteiger partial charge in [0.25, 0.3) is 5.91 Å². The van der Waals surface area contributed by atoms with Gasteiger partial charge >= 0.3 is 0 Å². The standard InChI is InChI=1S/C25H35N3O2/c1-3-28-23-5-4-19(25(29)26-11-6-18(2)7-12-26)16-21(23)22-17-27(13-8-24(22)28)20-9-14-30-15-10-20/h4-5,16,18,20H,3,6-15,17H2,1-2H3. The number of benzene rings is 1. The van der Waals surface area contributed by atoms with E-state index in [0.29, 0.717) is 6.04 Å². The minimum absolute atomic E-state index is 0.207. The lowest BCUT2D eigenvalue weighted by Crippen LogP contribution is -2.42. The Morgan fingerprint density at radius 3 is 2.60 bits per heavy atom. The van der Waals surface area contributed by atoms with Gasteiger partial charge in [0.05, 0.1) is 0 Å². The molecule has 0 spiro atoms. The molecule has 162 valence electrons. The summed E-state index contributed by atoms with van der Waals surface area (Å²) in [6, 6.07) is 7.06. The number of rotatable bonds is 3. The van der Waals surface area contributed by atoms with E-state index in [1.54, 1.807) is 0 Å². The molecule has 2 saturated heterocycles. The van der Waals surface area contributed by atoms with E-state index in [4.69, 9.17) is 4.74 Å². The number of aryl methyl sites for hydroxylation is 1. The van der Waals surface area contributed by atoms with Gasteiger partial charge in [-0.3, -0.25) is 9.69 Å². The number of nitrogens with zero attached hydrogens (tertiary/aromatic N) is 3. The summed E-state index contributed by atoms with van der Waals surface area (Å²) in [7, 11) is 0. The van der Waals surface area contributed by atoms with Crippen LogP contribution >= 0.6 is 0 Å². The van der Waals surface area contributed by atoms with Crippen LogP contribution in [0, 0.1) is 5.92 Å². The Morgan fingerprint density at radius 1 is 1.10 bits per heavy atom. The lowest BCUT2D eigenvalue weighted by molar-refractivity contribution is 0.0289. The lowest BCUT2D eigenvalue weighted by atomic mass is 9.97. The van der Waals surface area contributed by atoms with E-state index >= 15 is 0 Å². The number of piperidine rings is 1. The van der Waals surface area contributed by atoms with Crippen LogP contribution < -0.4 is 0 Å². The molecule has 0 aliphatic carbocycles. The number of hydrogen-bond acceptors (Lipinski definition) is 3. The van der Waals surface area contributed by atoms with Crippen LogP contribution in [-0.4, -0.2) is 59.2 Å². The van der Waals surface area contributed by atoms with Crippen molar-refractivity contribution in [2.75, 3.05) is 32.8 Å². The van der Waals surface area contributed by atoms with Crippen molar-refractivity contribution >= 4 is 16.8 Å². The van der Waals surface area contributed by atoms with Gasteiger partial charge in [-0.25, -0.2) is 0 Å². The van der Waals surface area contributed by atoms with Gasteiger partial charge in [0.2, 0.25) is 0 Å². The Bertz CT molecular complexity index is 920. The lowest BCUT2D eigenvalue weighted by Gasteiger charge is -2.37. The maximum Gasteiger partial charge on any atom is 0.253 e. The minimum Gasteiger partial charge on any atom is -0.381 e. The molecule has 5 heteroatoms. The van der Waals surface area contributed by atoms with Crippen molar-refractivity contribution in [2.24, 2.45) is 5.92 Å². The van der Waals surface area contributed by atoms with Crippen molar-refractivity contribution < 1.29 is 9.53 Å². The third-order valence-electron chi connectivity index (χ3n) is 7.62. The number of hydrogen-bond donors (Lipinski definition) is 0. The zero-order valence-electron chi connectivity index (χ0n) is 18.5. The zero-order chi connectivity index (χ0) is 20.7. The minimum atomic E-state index is 0.207. The normalized spacial score (nSPS) is 21.9. The molecule has 4 heterocycles. The topological polar surface area (TPSA) is 37.7 Å². The zero-order valence-corrected chi connectivity index (χ0v) is 18.5. The highest BCUT2D eigenvalue weighted by atomic mass is 16.5. The van der Waals surface area contributed by atoms with Crippen LogP contribution in [0.4, 0.5) is 0 Å². The Hall–Kier alpha value is -1.85. The summed E-state index contributed by atoms with van der Waals surface area (Å²) in [5.41, 5.74) is 5.08. The summed E-state index contributed by atoms with van der Waals surface area (Å²) >= 11 is 0. The smallest absolute Gasteiger partial charge is 0.253 e. The molecule has 3 aliphatic rings. The summed E-state index contributed by atoms with van der Waals surface area (Å²) in [4.78, 5) is 17.9. The molecule has 0 saturated carbocycles. The first kappa shape index (κ1) is 20.1. The molecule has 2 aromatic rings. The number of likely N-dealkylation sites (tertiary alicyclic amines) is 1. The Labute approximate surface area is 180 Å². The molecule has 5 rings (SSSR count). The highest BCUT2D eigenvalue weighted by Gasteiger charge is 2.29. The van der Waals surface area contributed by atoms with Crippen molar-refractivity contribution in [2.45, 2.75) is 65.1 Å². The molecule has 0 unspecified atom stereocenters. The summed E-state index contributed by atoms with van der Waals surface area (Å²) in [5.74, 6) is 0.942. The Balaban J connectivity index is 1.47. The molecule has 0 atom stereocenters. The SMILES string of the molecule is CCn1c2c(c3cc(C(=O)N4CCC(C)CC4)ccc31)CN(C1CCOCC1)CC2. The number of ether oxygens (including phenoxy) is 1. The average Bonchev–Trinajstić information content (AvgIpc) is 3.12. The molecule has 3 aliphatic heterocycles. The van der Waals surface area contributed by atoms with Crippen LogP contribution in [0.2, 0.25) is 0 Å².